The Morgan fingerprint density at radius 3 is 2.90 bits per heavy atom. The van der Waals surface area contributed by atoms with Gasteiger partial charge in [0, 0.05) is 30.9 Å². The number of carbonyl (C=O) groups is 1. The van der Waals surface area contributed by atoms with Gasteiger partial charge in [0.2, 0.25) is 5.91 Å². The number of H-pyrrole nitrogens is 1. The number of phenols is 2. The van der Waals surface area contributed by atoms with Crippen molar-refractivity contribution in [1.29, 1.82) is 0 Å². The molecule has 0 fully saturated rings. The molecular formula is C14H15N3O3. The third-order valence-electron chi connectivity index (χ3n) is 2.68. The molecule has 20 heavy (non-hydrogen) atoms. The highest BCUT2D eigenvalue weighted by Gasteiger charge is 2.00. The molecule has 104 valence electrons. The molecular weight excluding hydrogens is 258 g/mol. The summed E-state index contributed by atoms with van der Waals surface area (Å²) in [4.78, 5) is 18.4. The summed E-state index contributed by atoms with van der Waals surface area (Å²) in [6, 6.07) is 4.35. The van der Waals surface area contributed by atoms with Gasteiger partial charge in [0.25, 0.3) is 0 Å². The van der Waals surface area contributed by atoms with E-state index in [0.717, 1.165) is 5.69 Å². The monoisotopic (exact) mass is 273 g/mol. The number of amides is 1. The second-order valence-corrected chi connectivity index (χ2v) is 4.20. The quantitative estimate of drug-likeness (QED) is 0.486. The standard InChI is InChI=1S/C14H15N3O3/c18-12-3-1-10(7-13(12)19)2-4-14(20)16-6-5-11-8-15-9-17-11/h1-4,7-9,18-19H,5-6H2,(H,15,17)(H,16,20)/b4-2+. The molecule has 0 aliphatic rings. The van der Waals surface area contributed by atoms with Crippen molar-refractivity contribution in [3.8, 4) is 11.5 Å². The van der Waals surface area contributed by atoms with E-state index in [9.17, 15) is 9.90 Å². The van der Waals surface area contributed by atoms with Crippen LogP contribution in [0.5, 0.6) is 11.5 Å². The molecule has 4 N–H and O–H groups in total. The number of aromatic amines is 1. The van der Waals surface area contributed by atoms with Gasteiger partial charge in [0.15, 0.2) is 11.5 Å². The van der Waals surface area contributed by atoms with Crippen LogP contribution in [0.25, 0.3) is 6.08 Å². The van der Waals surface area contributed by atoms with E-state index >= 15 is 0 Å². The number of imidazole rings is 1. The maximum atomic E-state index is 11.6. The Morgan fingerprint density at radius 2 is 2.20 bits per heavy atom. The van der Waals surface area contributed by atoms with Crippen LogP contribution >= 0.6 is 0 Å². The lowest BCUT2D eigenvalue weighted by atomic mass is 10.2. The second kappa shape index (κ2) is 6.42. The lowest BCUT2D eigenvalue weighted by Crippen LogP contribution is -2.23. The molecule has 0 atom stereocenters. The molecule has 0 unspecified atom stereocenters. The number of aromatic hydroxyl groups is 2. The summed E-state index contributed by atoms with van der Waals surface area (Å²) in [6.07, 6.45) is 6.92. The summed E-state index contributed by atoms with van der Waals surface area (Å²) in [5, 5.41) is 21.2. The zero-order chi connectivity index (χ0) is 14.4. The summed E-state index contributed by atoms with van der Waals surface area (Å²) in [5.41, 5.74) is 1.58. The van der Waals surface area contributed by atoms with Crippen LogP contribution in [0.3, 0.4) is 0 Å². The minimum atomic E-state index is -0.225. The predicted molar refractivity (Wildman–Crippen MR) is 74.1 cm³/mol. The van der Waals surface area contributed by atoms with Gasteiger partial charge in [-0.2, -0.15) is 0 Å². The first-order chi connectivity index (χ1) is 9.65. The fourth-order valence-electron chi connectivity index (χ4n) is 1.62. The number of hydrogen-bond donors (Lipinski definition) is 4. The van der Waals surface area contributed by atoms with E-state index in [4.69, 9.17) is 5.11 Å². The largest absolute Gasteiger partial charge is 0.504 e. The normalized spacial score (nSPS) is 10.8. The molecule has 1 aromatic carbocycles. The van der Waals surface area contributed by atoms with Crippen LogP contribution < -0.4 is 5.32 Å². The Morgan fingerprint density at radius 1 is 1.35 bits per heavy atom. The summed E-state index contributed by atoms with van der Waals surface area (Å²) >= 11 is 0. The van der Waals surface area contributed by atoms with Crippen molar-refractivity contribution < 1.29 is 15.0 Å². The average molecular weight is 273 g/mol. The summed E-state index contributed by atoms with van der Waals surface area (Å²) in [7, 11) is 0. The van der Waals surface area contributed by atoms with Crippen LogP contribution in [-0.4, -0.2) is 32.6 Å². The highest BCUT2D eigenvalue weighted by molar-refractivity contribution is 5.91. The van der Waals surface area contributed by atoms with E-state index in [1.807, 2.05) is 0 Å². The Bertz CT molecular complexity index is 606. The van der Waals surface area contributed by atoms with Crippen molar-refractivity contribution in [1.82, 2.24) is 15.3 Å². The molecule has 1 amide bonds. The predicted octanol–water partition coefficient (Wildman–Crippen LogP) is 1.19. The molecule has 0 saturated heterocycles. The first-order valence-electron chi connectivity index (χ1n) is 6.10. The van der Waals surface area contributed by atoms with E-state index in [-0.39, 0.29) is 17.4 Å². The summed E-state index contributed by atoms with van der Waals surface area (Å²) < 4.78 is 0. The molecule has 0 aliphatic heterocycles. The molecule has 0 spiro atoms. The van der Waals surface area contributed by atoms with E-state index < -0.39 is 0 Å². The zero-order valence-corrected chi connectivity index (χ0v) is 10.7. The van der Waals surface area contributed by atoms with Gasteiger partial charge in [-0.3, -0.25) is 4.79 Å². The fourth-order valence-corrected chi connectivity index (χ4v) is 1.62. The van der Waals surface area contributed by atoms with Gasteiger partial charge >= 0.3 is 0 Å². The lowest BCUT2D eigenvalue weighted by Gasteiger charge is -2.01. The molecule has 0 bridgehead atoms. The highest BCUT2D eigenvalue weighted by Crippen LogP contribution is 2.25. The Balaban J connectivity index is 1.81. The van der Waals surface area contributed by atoms with Crippen molar-refractivity contribution in [2.45, 2.75) is 6.42 Å². The molecule has 2 rings (SSSR count). The van der Waals surface area contributed by atoms with Gasteiger partial charge in [-0.05, 0) is 23.8 Å². The Labute approximate surface area is 115 Å². The highest BCUT2D eigenvalue weighted by atomic mass is 16.3. The zero-order valence-electron chi connectivity index (χ0n) is 10.7. The van der Waals surface area contributed by atoms with Crippen LogP contribution in [0.4, 0.5) is 0 Å². The van der Waals surface area contributed by atoms with Gasteiger partial charge in [-0.25, -0.2) is 4.98 Å². The van der Waals surface area contributed by atoms with Crippen molar-refractivity contribution in [3.05, 3.63) is 48.1 Å². The number of aromatic nitrogens is 2. The van der Waals surface area contributed by atoms with E-state index in [0.29, 0.717) is 18.5 Å². The Hall–Kier alpha value is -2.76. The van der Waals surface area contributed by atoms with Crippen molar-refractivity contribution in [2.24, 2.45) is 0 Å². The second-order valence-electron chi connectivity index (χ2n) is 4.20. The smallest absolute Gasteiger partial charge is 0.244 e. The van der Waals surface area contributed by atoms with E-state index in [1.54, 1.807) is 24.7 Å². The number of nitrogens with one attached hydrogen (secondary N) is 2. The van der Waals surface area contributed by atoms with Crippen molar-refractivity contribution in [2.75, 3.05) is 6.54 Å². The van der Waals surface area contributed by atoms with Crippen LogP contribution in [-0.2, 0) is 11.2 Å². The summed E-state index contributed by atoms with van der Waals surface area (Å²) in [6.45, 7) is 0.506. The molecule has 6 nitrogen and oxygen atoms in total. The van der Waals surface area contributed by atoms with Crippen molar-refractivity contribution in [3.63, 3.8) is 0 Å². The van der Waals surface area contributed by atoms with Gasteiger partial charge in [0.1, 0.15) is 0 Å². The molecule has 1 heterocycles. The number of nitrogens with zero attached hydrogens (tertiary/aromatic N) is 1. The third-order valence-corrected chi connectivity index (χ3v) is 2.68. The van der Waals surface area contributed by atoms with Gasteiger partial charge < -0.3 is 20.5 Å². The van der Waals surface area contributed by atoms with Gasteiger partial charge in [-0.15, -0.1) is 0 Å². The van der Waals surface area contributed by atoms with Crippen LogP contribution in [0, 0.1) is 0 Å². The maximum absolute atomic E-state index is 11.6. The first kappa shape index (κ1) is 13.7. The maximum Gasteiger partial charge on any atom is 0.244 e. The van der Waals surface area contributed by atoms with Crippen molar-refractivity contribution >= 4 is 12.0 Å². The Kier molecular flexibility index (Phi) is 4.39. The SMILES string of the molecule is O=C(/C=C/c1ccc(O)c(O)c1)NCCc1cnc[nH]1. The number of rotatable bonds is 5. The molecule has 6 heteroatoms. The number of hydrogen-bond acceptors (Lipinski definition) is 4. The first-order valence-corrected chi connectivity index (χ1v) is 6.10. The molecule has 0 radical (unpaired) electrons. The van der Waals surface area contributed by atoms with Gasteiger partial charge in [-0.1, -0.05) is 6.07 Å². The molecule has 1 aromatic heterocycles. The molecule has 2 aromatic rings. The fraction of sp³-hybridized carbons (Fsp3) is 0.143. The van der Waals surface area contributed by atoms with Crippen LogP contribution in [0.1, 0.15) is 11.3 Å². The van der Waals surface area contributed by atoms with E-state index in [2.05, 4.69) is 15.3 Å². The van der Waals surface area contributed by atoms with E-state index in [1.165, 1.54) is 18.2 Å². The number of benzene rings is 1. The van der Waals surface area contributed by atoms with Crippen LogP contribution in [0.15, 0.2) is 36.8 Å². The van der Waals surface area contributed by atoms with Gasteiger partial charge in [0.05, 0.1) is 6.33 Å². The third kappa shape index (κ3) is 3.88. The minimum Gasteiger partial charge on any atom is -0.504 e. The molecule has 0 saturated carbocycles. The topological polar surface area (TPSA) is 98.2 Å². The summed E-state index contributed by atoms with van der Waals surface area (Å²) in [5.74, 6) is -0.630. The number of phenolic OH excluding ortho intramolecular Hbond substituents is 2. The average Bonchev–Trinajstić information content (AvgIpc) is 2.93. The van der Waals surface area contributed by atoms with Crippen LogP contribution in [0.2, 0.25) is 0 Å². The lowest BCUT2D eigenvalue weighted by molar-refractivity contribution is -0.116. The molecule has 0 aliphatic carbocycles. The number of carbonyl (C=O) groups excluding carboxylic acids is 1. The minimum absolute atomic E-state index is 0.189.